The van der Waals surface area contributed by atoms with Gasteiger partial charge in [0.15, 0.2) is 0 Å². The third-order valence-corrected chi connectivity index (χ3v) is 6.05. The van der Waals surface area contributed by atoms with Crippen LogP contribution < -0.4 is 0 Å². The molecule has 0 aromatic heterocycles. The van der Waals surface area contributed by atoms with Crippen molar-refractivity contribution in [3.8, 4) is 0 Å². The average Bonchev–Trinajstić information content (AvgIpc) is 2.75. The third-order valence-electron chi connectivity index (χ3n) is 4.12. The molecular weight excluding hydrogens is 274 g/mol. The van der Waals surface area contributed by atoms with Crippen LogP contribution in [-0.2, 0) is 16.6 Å². The normalized spacial score (nSPS) is 18.1. The summed E-state index contributed by atoms with van der Waals surface area (Å²) in [5.74, 6) is 0. The van der Waals surface area contributed by atoms with Crippen molar-refractivity contribution in [2.75, 3.05) is 7.05 Å². The molecule has 0 bridgehead atoms. The molecule has 0 spiro atoms. The van der Waals surface area contributed by atoms with Crippen LogP contribution in [0.15, 0.2) is 29.2 Å². The van der Waals surface area contributed by atoms with Gasteiger partial charge in [0.1, 0.15) is 0 Å². The second kappa shape index (κ2) is 6.70. The molecule has 0 radical (unpaired) electrons. The maximum Gasteiger partial charge on any atom is 0.243 e. The largest absolute Gasteiger partial charge is 0.392 e. The van der Waals surface area contributed by atoms with E-state index in [2.05, 4.69) is 0 Å². The van der Waals surface area contributed by atoms with Gasteiger partial charge < -0.3 is 5.11 Å². The number of hydrogen-bond acceptors (Lipinski definition) is 3. The van der Waals surface area contributed by atoms with Crippen molar-refractivity contribution in [1.29, 1.82) is 0 Å². The summed E-state index contributed by atoms with van der Waals surface area (Å²) in [6, 6.07) is 6.59. The lowest BCUT2D eigenvalue weighted by Gasteiger charge is -2.26. The second-order valence-electron chi connectivity index (χ2n) is 5.47. The fraction of sp³-hybridized carbons (Fsp3) is 0.600. The minimum Gasteiger partial charge on any atom is -0.392 e. The van der Waals surface area contributed by atoms with Crippen molar-refractivity contribution in [2.24, 2.45) is 0 Å². The van der Waals surface area contributed by atoms with E-state index in [1.54, 1.807) is 31.3 Å². The zero-order valence-electron chi connectivity index (χ0n) is 12.0. The first-order valence-corrected chi connectivity index (χ1v) is 8.67. The Morgan fingerprint density at radius 3 is 2.15 bits per heavy atom. The van der Waals surface area contributed by atoms with E-state index in [-0.39, 0.29) is 12.6 Å². The molecule has 1 saturated carbocycles. The first kappa shape index (κ1) is 15.5. The Labute approximate surface area is 121 Å². The van der Waals surface area contributed by atoms with Gasteiger partial charge >= 0.3 is 0 Å². The molecule has 1 fully saturated rings. The number of aliphatic hydroxyl groups is 1. The second-order valence-corrected chi connectivity index (χ2v) is 7.47. The van der Waals surface area contributed by atoms with Gasteiger partial charge in [-0.2, -0.15) is 4.31 Å². The summed E-state index contributed by atoms with van der Waals surface area (Å²) >= 11 is 0. The van der Waals surface area contributed by atoms with E-state index in [1.807, 2.05) is 0 Å². The molecule has 5 heteroatoms. The van der Waals surface area contributed by atoms with Crippen molar-refractivity contribution < 1.29 is 13.5 Å². The molecule has 1 aliphatic carbocycles. The molecule has 1 N–H and O–H groups in total. The van der Waals surface area contributed by atoms with Crippen LogP contribution in [0, 0.1) is 0 Å². The van der Waals surface area contributed by atoms with Crippen LogP contribution >= 0.6 is 0 Å². The maximum absolute atomic E-state index is 12.6. The fourth-order valence-corrected chi connectivity index (χ4v) is 4.17. The molecule has 0 saturated heterocycles. The van der Waals surface area contributed by atoms with Crippen LogP contribution in [0.4, 0.5) is 0 Å². The van der Waals surface area contributed by atoms with E-state index < -0.39 is 10.0 Å². The average molecular weight is 297 g/mol. The minimum absolute atomic E-state index is 0.0706. The topological polar surface area (TPSA) is 57.6 Å². The number of sulfonamides is 1. The third kappa shape index (κ3) is 3.40. The van der Waals surface area contributed by atoms with Crippen molar-refractivity contribution in [2.45, 2.75) is 56.1 Å². The van der Waals surface area contributed by atoms with Gasteiger partial charge in [-0.25, -0.2) is 8.42 Å². The monoisotopic (exact) mass is 297 g/mol. The van der Waals surface area contributed by atoms with Gasteiger partial charge in [0.05, 0.1) is 11.5 Å². The standard InChI is InChI=1S/C15H23NO3S/c1-16(14-6-4-2-3-5-7-14)20(18,19)15-10-8-13(12-17)9-11-15/h8-11,14,17H,2-7,12H2,1H3. The summed E-state index contributed by atoms with van der Waals surface area (Å²) in [5.41, 5.74) is 0.723. The molecule has 1 aromatic carbocycles. The van der Waals surface area contributed by atoms with Crippen molar-refractivity contribution >= 4 is 10.0 Å². The summed E-state index contributed by atoms with van der Waals surface area (Å²) in [7, 11) is -1.74. The van der Waals surface area contributed by atoms with Crippen molar-refractivity contribution in [3.05, 3.63) is 29.8 Å². The molecule has 1 aliphatic rings. The van der Waals surface area contributed by atoms with E-state index in [1.165, 1.54) is 17.1 Å². The molecule has 0 aliphatic heterocycles. The van der Waals surface area contributed by atoms with Crippen LogP contribution in [0.25, 0.3) is 0 Å². The van der Waals surface area contributed by atoms with Gasteiger partial charge in [-0.3, -0.25) is 0 Å². The molecule has 4 nitrogen and oxygen atoms in total. The minimum atomic E-state index is -3.43. The first-order valence-electron chi connectivity index (χ1n) is 7.23. The lowest BCUT2D eigenvalue weighted by Crippen LogP contribution is -2.36. The lowest BCUT2D eigenvalue weighted by molar-refractivity contribution is 0.281. The van der Waals surface area contributed by atoms with Gasteiger partial charge in [-0.05, 0) is 30.5 Å². The summed E-state index contributed by atoms with van der Waals surface area (Å²) in [6.07, 6.45) is 6.52. The van der Waals surface area contributed by atoms with Crippen LogP contribution in [0.3, 0.4) is 0 Å². The van der Waals surface area contributed by atoms with E-state index in [9.17, 15) is 8.42 Å². The predicted octanol–water partition coefficient (Wildman–Crippen LogP) is 2.52. The van der Waals surface area contributed by atoms with E-state index in [0.717, 1.165) is 31.2 Å². The predicted molar refractivity (Wildman–Crippen MR) is 78.8 cm³/mol. The van der Waals surface area contributed by atoms with Crippen LogP contribution in [0.2, 0.25) is 0 Å². The Morgan fingerprint density at radius 2 is 1.65 bits per heavy atom. The fourth-order valence-electron chi connectivity index (χ4n) is 2.75. The number of nitrogens with zero attached hydrogens (tertiary/aromatic N) is 1. The SMILES string of the molecule is CN(C1CCCCCC1)S(=O)(=O)c1ccc(CO)cc1. The van der Waals surface area contributed by atoms with E-state index in [4.69, 9.17) is 5.11 Å². The maximum atomic E-state index is 12.6. The summed E-state index contributed by atoms with van der Waals surface area (Å²) < 4.78 is 26.7. The number of benzene rings is 1. The Morgan fingerprint density at radius 1 is 1.10 bits per heavy atom. The molecule has 0 atom stereocenters. The van der Waals surface area contributed by atoms with E-state index >= 15 is 0 Å². The van der Waals surface area contributed by atoms with Gasteiger partial charge in [0.2, 0.25) is 10.0 Å². The Kier molecular flexibility index (Phi) is 5.18. The lowest BCUT2D eigenvalue weighted by atomic mass is 10.1. The molecule has 20 heavy (non-hydrogen) atoms. The zero-order valence-corrected chi connectivity index (χ0v) is 12.8. The highest BCUT2D eigenvalue weighted by molar-refractivity contribution is 7.89. The van der Waals surface area contributed by atoms with Gasteiger partial charge in [-0.1, -0.05) is 37.8 Å². The highest BCUT2D eigenvalue weighted by Gasteiger charge is 2.28. The molecule has 112 valence electrons. The Hall–Kier alpha value is -0.910. The van der Waals surface area contributed by atoms with E-state index in [0.29, 0.717) is 4.90 Å². The summed E-state index contributed by atoms with van der Waals surface area (Å²) in [4.78, 5) is 0.307. The molecule has 0 unspecified atom stereocenters. The van der Waals surface area contributed by atoms with Gasteiger partial charge in [0, 0.05) is 13.1 Å². The van der Waals surface area contributed by atoms with Crippen LogP contribution in [0.5, 0.6) is 0 Å². The Balaban J connectivity index is 2.18. The highest BCUT2D eigenvalue weighted by Crippen LogP contribution is 2.25. The van der Waals surface area contributed by atoms with Gasteiger partial charge in [-0.15, -0.1) is 0 Å². The Bertz CT molecular complexity index is 517. The smallest absolute Gasteiger partial charge is 0.243 e. The molecule has 0 heterocycles. The molecule has 0 amide bonds. The number of rotatable bonds is 4. The van der Waals surface area contributed by atoms with Crippen LogP contribution in [-0.4, -0.2) is 30.9 Å². The number of aliphatic hydroxyl groups excluding tert-OH is 1. The highest BCUT2D eigenvalue weighted by atomic mass is 32.2. The number of hydrogen-bond donors (Lipinski definition) is 1. The van der Waals surface area contributed by atoms with Crippen molar-refractivity contribution in [1.82, 2.24) is 4.31 Å². The summed E-state index contributed by atoms with van der Waals surface area (Å²) in [5, 5.41) is 9.02. The summed E-state index contributed by atoms with van der Waals surface area (Å²) in [6.45, 7) is -0.0706. The quantitative estimate of drug-likeness (QED) is 0.869. The molecule has 1 aromatic rings. The molecule has 2 rings (SSSR count). The first-order chi connectivity index (χ1) is 9.55. The van der Waals surface area contributed by atoms with Crippen LogP contribution in [0.1, 0.15) is 44.1 Å². The zero-order chi connectivity index (χ0) is 14.6. The van der Waals surface area contributed by atoms with Crippen molar-refractivity contribution in [3.63, 3.8) is 0 Å². The molecular formula is C15H23NO3S. The van der Waals surface area contributed by atoms with Gasteiger partial charge in [0.25, 0.3) is 0 Å².